The number of hydrogen-bond acceptors (Lipinski definition) is 3. The lowest BCUT2D eigenvalue weighted by Gasteiger charge is -1.97. The maximum atomic E-state index is 10.5. The number of aromatic nitrogens is 3. The smallest absolute Gasteiger partial charge is 0.157 e. The normalized spacial score (nSPS) is 15.6. The van der Waals surface area contributed by atoms with Gasteiger partial charge in [-0.2, -0.15) is 5.10 Å². The van der Waals surface area contributed by atoms with Crippen LogP contribution < -0.4 is 0 Å². The molecule has 1 saturated carbocycles. The van der Waals surface area contributed by atoms with Crippen molar-refractivity contribution in [3.8, 4) is 0 Å². The van der Waals surface area contributed by atoms with Crippen molar-refractivity contribution in [2.75, 3.05) is 0 Å². The molecule has 1 fully saturated rings. The van der Waals surface area contributed by atoms with Gasteiger partial charge in [0.25, 0.3) is 0 Å². The Morgan fingerprint density at radius 1 is 1.56 bits per heavy atom. The van der Waals surface area contributed by atoms with Gasteiger partial charge in [0.15, 0.2) is 5.65 Å². The van der Waals surface area contributed by atoms with Crippen LogP contribution in [0.2, 0.25) is 0 Å². The van der Waals surface area contributed by atoms with Gasteiger partial charge in [0.2, 0.25) is 0 Å². The topological polar surface area (TPSA) is 47.8 Å². The predicted octanol–water partition coefficient (Wildman–Crippen LogP) is 1.59. The minimum absolute atomic E-state index is 0.432. The highest BCUT2D eigenvalue weighted by Gasteiger charge is 2.29. The van der Waals surface area contributed by atoms with Gasteiger partial charge in [-0.25, -0.2) is 4.98 Å². The summed E-state index contributed by atoms with van der Waals surface area (Å²) in [7, 11) is 1.92. The number of hydrogen-bond donors (Lipinski definition) is 0. The molecule has 0 amide bonds. The second kappa shape index (κ2) is 3.40. The lowest BCUT2D eigenvalue weighted by molar-refractivity contribution is -0.107. The Kier molecular flexibility index (Phi) is 2.02. The monoisotopic (exact) mass is 215 g/mol. The Balaban J connectivity index is 2.18. The largest absolute Gasteiger partial charge is 0.303 e. The summed E-state index contributed by atoms with van der Waals surface area (Å²) >= 11 is 0. The average molecular weight is 215 g/mol. The first-order valence-corrected chi connectivity index (χ1v) is 5.54. The average Bonchev–Trinajstić information content (AvgIpc) is 3.06. The quantitative estimate of drug-likeness (QED) is 0.730. The van der Waals surface area contributed by atoms with E-state index in [0.717, 1.165) is 28.6 Å². The third-order valence-electron chi connectivity index (χ3n) is 3.05. The molecule has 0 atom stereocenters. The van der Waals surface area contributed by atoms with Gasteiger partial charge in [0, 0.05) is 31.0 Å². The number of aryl methyl sites for hydroxylation is 1. The van der Waals surface area contributed by atoms with Crippen LogP contribution in [0.3, 0.4) is 0 Å². The van der Waals surface area contributed by atoms with Crippen molar-refractivity contribution >= 4 is 17.3 Å². The van der Waals surface area contributed by atoms with Crippen molar-refractivity contribution in [2.24, 2.45) is 7.05 Å². The van der Waals surface area contributed by atoms with Gasteiger partial charge in [-0.05, 0) is 24.5 Å². The van der Waals surface area contributed by atoms with E-state index in [1.165, 1.54) is 12.8 Å². The van der Waals surface area contributed by atoms with Crippen molar-refractivity contribution in [2.45, 2.75) is 25.2 Å². The molecule has 0 unspecified atom stereocenters. The summed E-state index contributed by atoms with van der Waals surface area (Å²) in [5.41, 5.74) is 3.03. The molecule has 0 aliphatic heterocycles. The molecular weight excluding hydrogens is 202 g/mol. The van der Waals surface area contributed by atoms with E-state index < -0.39 is 0 Å². The molecule has 4 heteroatoms. The molecule has 1 aliphatic rings. The Bertz CT molecular complexity index is 555. The first-order chi connectivity index (χ1) is 7.79. The van der Waals surface area contributed by atoms with E-state index in [2.05, 4.69) is 16.1 Å². The van der Waals surface area contributed by atoms with Gasteiger partial charge in [-0.1, -0.05) is 0 Å². The first kappa shape index (κ1) is 9.51. The van der Waals surface area contributed by atoms with Crippen molar-refractivity contribution in [3.63, 3.8) is 0 Å². The highest BCUT2D eigenvalue weighted by Crippen LogP contribution is 2.42. The van der Waals surface area contributed by atoms with E-state index in [1.54, 1.807) is 6.20 Å². The van der Waals surface area contributed by atoms with Crippen LogP contribution in [0.4, 0.5) is 0 Å². The molecule has 0 bridgehead atoms. The fourth-order valence-electron chi connectivity index (χ4n) is 2.08. The highest BCUT2D eigenvalue weighted by atomic mass is 16.1. The Labute approximate surface area is 93.3 Å². The number of pyridine rings is 1. The van der Waals surface area contributed by atoms with Crippen LogP contribution in [0.1, 0.15) is 30.0 Å². The fraction of sp³-hybridized carbons (Fsp3) is 0.417. The van der Waals surface area contributed by atoms with Gasteiger partial charge >= 0.3 is 0 Å². The third kappa shape index (κ3) is 1.41. The van der Waals surface area contributed by atoms with Crippen LogP contribution in [0.5, 0.6) is 0 Å². The van der Waals surface area contributed by atoms with Crippen LogP contribution in [-0.2, 0) is 18.3 Å². The van der Waals surface area contributed by atoms with Crippen molar-refractivity contribution in [1.82, 2.24) is 14.8 Å². The minimum atomic E-state index is 0.432. The molecule has 4 nitrogen and oxygen atoms in total. The van der Waals surface area contributed by atoms with Gasteiger partial charge in [-0.3, -0.25) is 4.68 Å². The Hall–Kier alpha value is -1.71. The SMILES string of the molecule is Cn1nc(C2CC2)c2cc(CC=O)cnc21. The second-order valence-corrected chi connectivity index (χ2v) is 4.37. The molecule has 16 heavy (non-hydrogen) atoms. The van der Waals surface area contributed by atoms with E-state index in [4.69, 9.17) is 0 Å². The predicted molar refractivity (Wildman–Crippen MR) is 60.3 cm³/mol. The summed E-state index contributed by atoms with van der Waals surface area (Å²) in [6, 6.07) is 2.05. The lowest BCUT2D eigenvalue weighted by atomic mass is 10.1. The van der Waals surface area contributed by atoms with Gasteiger partial charge in [0.05, 0.1) is 5.69 Å². The van der Waals surface area contributed by atoms with Crippen LogP contribution in [0.15, 0.2) is 12.3 Å². The van der Waals surface area contributed by atoms with Crippen LogP contribution in [0, 0.1) is 0 Å². The van der Waals surface area contributed by atoms with E-state index >= 15 is 0 Å². The maximum Gasteiger partial charge on any atom is 0.157 e. The molecule has 0 saturated heterocycles. The van der Waals surface area contributed by atoms with E-state index in [0.29, 0.717) is 12.3 Å². The standard InChI is InChI=1S/C12H13N3O/c1-15-12-10(11(14-15)9-2-3-9)6-8(4-5-16)7-13-12/h5-7,9H,2-4H2,1H3. The Morgan fingerprint density at radius 3 is 3.06 bits per heavy atom. The molecule has 0 radical (unpaired) electrons. The van der Waals surface area contributed by atoms with Crippen molar-refractivity contribution in [1.29, 1.82) is 0 Å². The van der Waals surface area contributed by atoms with Crippen LogP contribution in [-0.4, -0.2) is 21.1 Å². The van der Waals surface area contributed by atoms with E-state index in [-0.39, 0.29) is 0 Å². The number of carbonyl (C=O) groups excluding carboxylic acids is 1. The highest BCUT2D eigenvalue weighted by molar-refractivity contribution is 5.80. The number of nitrogens with zero attached hydrogens (tertiary/aromatic N) is 3. The van der Waals surface area contributed by atoms with Crippen molar-refractivity contribution in [3.05, 3.63) is 23.5 Å². The first-order valence-electron chi connectivity index (χ1n) is 5.54. The molecule has 82 valence electrons. The Morgan fingerprint density at radius 2 is 2.38 bits per heavy atom. The molecule has 3 rings (SSSR count). The summed E-state index contributed by atoms with van der Waals surface area (Å²) in [5.74, 6) is 0.608. The molecule has 1 aliphatic carbocycles. The number of fused-ring (bicyclic) bond motifs is 1. The number of aldehydes is 1. The minimum Gasteiger partial charge on any atom is -0.303 e. The molecule has 0 N–H and O–H groups in total. The molecule has 0 spiro atoms. The number of rotatable bonds is 3. The van der Waals surface area contributed by atoms with E-state index in [9.17, 15) is 4.79 Å². The maximum absolute atomic E-state index is 10.5. The zero-order valence-corrected chi connectivity index (χ0v) is 9.18. The second-order valence-electron chi connectivity index (χ2n) is 4.37. The summed E-state index contributed by atoms with van der Waals surface area (Å²) in [4.78, 5) is 14.9. The van der Waals surface area contributed by atoms with E-state index in [1.807, 2.05) is 11.7 Å². The van der Waals surface area contributed by atoms with Crippen molar-refractivity contribution < 1.29 is 4.79 Å². The molecular formula is C12H13N3O. The molecule has 2 aromatic rings. The summed E-state index contributed by atoms with van der Waals surface area (Å²) in [6.45, 7) is 0. The van der Waals surface area contributed by atoms with Crippen LogP contribution in [0.25, 0.3) is 11.0 Å². The zero-order valence-electron chi connectivity index (χ0n) is 9.18. The summed E-state index contributed by atoms with van der Waals surface area (Å²) < 4.78 is 1.83. The van der Waals surface area contributed by atoms with Gasteiger partial charge in [0.1, 0.15) is 6.29 Å². The van der Waals surface area contributed by atoms with Crippen LogP contribution >= 0.6 is 0 Å². The zero-order chi connectivity index (χ0) is 11.1. The summed E-state index contributed by atoms with van der Waals surface area (Å²) in [5, 5.41) is 5.63. The lowest BCUT2D eigenvalue weighted by Crippen LogP contribution is -1.93. The fourth-order valence-corrected chi connectivity index (χ4v) is 2.08. The number of carbonyl (C=O) groups is 1. The molecule has 2 aromatic heterocycles. The van der Waals surface area contributed by atoms with Gasteiger partial charge < -0.3 is 4.79 Å². The summed E-state index contributed by atoms with van der Waals surface area (Å²) in [6.07, 6.45) is 5.56. The molecule has 2 heterocycles. The molecule has 0 aromatic carbocycles. The van der Waals surface area contributed by atoms with Gasteiger partial charge in [-0.15, -0.1) is 0 Å². The third-order valence-corrected chi connectivity index (χ3v) is 3.05.